The van der Waals surface area contributed by atoms with Gasteiger partial charge in [-0.15, -0.1) is 0 Å². The van der Waals surface area contributed by atoms with Crippen LogP contribution in [0.4, 0.5) is 0 Å². The highest BCUT2D eigenvalue weighted by Crippen LogP contribution is 2.05. The number of hydrogen-bond acceptors (Lipinski definition) is 2. The van der Waals surface area contributed by atoms with E-state index in [2.05, 4.69) is 27.0 Å². The van der Waals surface area contributed by atoms with Crippen molar-refractivity contribution >= 4 is 5.91 Å². The van der Waals surface area contributed by atoms with Gasteiger partial charge in [-0.1, -0.05) is 44.2 Å². The van der Waals surface area contributed by atoms with E-state index in [0.29, 0.717) is 6.54 Å². The fourth-order valence-corrected chi connectivity index (χ4v) is 1.80. The Morgan fingerprint density at radius 3 is 2.74 bits per heavy atom. The van der Waals surface area contributed by atoms with Crippen molar-refractivity contribution in [3.05, 3.63) is 54.1 Å². The molecule has 2 aromatic rings. The topological polar surface area (TPSA) is 46.9 Å². The summed E-state index contributed by atoms with van der Waals surface area (Å²) in [4.78, 5) is 15.9. The molecular weight excluding hydrogens is 238 g/mol. The number of nitrogens with one attached hydrogen (secondary N) is 1. The molecule has 0 aliphatic rings. The second kappa shape index (κ2) is 6.18. The second-order valence-electron chi connectivity index (χ2n) is 4.83. The first-order valence-electron chi connectivity index (χ1n) is 6.48. The molecule has 0 radical (unpaired) electrons. The van der Waals surface area contributed by atoms with E-state index in [1.54, 1.807) is 6.20 Å². The molecule has 1 aromatic heterocycles. The van der Waals surface area contributed by atoms with Gasteiger partial charge in [0.05, 0.1) is 6.54 Å². The Labute approximate surface area is 113 Å². The number of carbonyl (C=O) groups is 1. The Morgan fingerprint density at radius 2 is 2.05 bits per heavy atom. The molecule has 4 heteroatoms. The second-order valence-corrected chi connectivity index (χ2v) is 4.83. The maximum Gasteiger partial charge on any atom is 0.222 e. The van der Waals surface area contributed by atoms with Gasteiger partial charge in [-0.05, 0) is 5.56 Å². The first-order chi connectivity index (χ1) is 9.16. The van der Waals surface area contributed by atoms with Crippen LogP contribution in [0, 0.1) is 5.92 Å². The Hall–Kier alpha value is -2.10. The molecule has 1 heterocycles. The molecule has 1 N–H and O–H groups in total. The summed E-state index contributed by atoms with van der Waals surface area (Å²) >= 11 is 0. The van der Waals surface area contributed by atoms with Crippen LogP contribution in [0.2, 0.25) is 0 Å². The van der Waals surface area contributed by atoms with E-state index in [1.807, 2.05) is 38.2 Å². The minimum absolute atomic E-state index is 0.00228. The number of carbonyl (C=O) groups excluding carboxylic acids is 1. The Kier molecular flexibility index (Phi) is 4.34. The van der Waals surface area contributed by atoms with Gasteiger partial charge in [0.1, 0.15) is 5.82 Å². The number of nitrogens with zero attached hydrogens (tertiary/aromatic N) is 2. The minimum atomic E-state index is -0.00228. The molecule has 0 fully saturated rings. The quantitative estimate of drug-likeness (QED) is 0.892. The molecule has 0 aliphatic heterocycles. The van der Waals surface area contributed by atoms with E-state index in [4.69, 9.17) is 0 Å². The SMILES string of the molecule is CC(C)C(=O)NCc1nccn1Cc1ccccc1. The van der Waals surface area contributed by atoms with Crippen molar-refractivity contribution in [2.45, 2.75) is 26.9 Å². The largest absolute Gasteiger partial charge is 0.349 e. The summed E-state index contributed by atoms with van der Waals surface area (Å²) in [6.45, 7) is 5.00. The molecule has 4 nitrogen and oxygen atoms in total. The number of benzene rings is 1. The number of imidazole rings is 1. The summed E-state index contributed by atoms with van der Waals surface area (Å²) in [6, 6.07) is 10.2. The van der Waals surface area contributed by atoms with E-state index < -0.39 is 0 Å². The normalized spacial score (nSPS) is 10.7. The lowest BCUT2D eigenvalue weighted by atomic mass is 10.2. The zero-order valence-electron chi connectivity index (χ0n) is 11.3. The molecule has 0 unspecified atom stereocenters. The Morgan fingerprint density at radius 1 is 1.32 bits per heavy atom. The monoisotopic (exact) mass is 257 g/mol. The number of amides is 1. The molecule has 1 aromatic carbocycles. The van der Waals surface area contributed by atoms with Gasteiger partial charge in [0.2, 0.25) is 5.91 Å². The van der Waals surface area contributed by atoms with E-state index in [1.165, 1.54) is 5.56 Å². The fourth-order valence-electron chi connectivity index (χ4n) is 1.80. The maximum atomic E-state index is 11.6. The predicted octanol–water partition coefficient (Wildman–Crippen LogP) is 2.20. The van der Waals surface area contributed by atoms with Crippen molar-refractivity contribution in [2.75, 3.05) is 0 Å². The average molecular weight is 257 g/mol. The zero-order valence-corrected chi connectivity index (χ0v) is 11.3. The maximum absolute atomic E-state index is 11.6. The minimum Gasteiger partial charge on any atom is -0.349 e. The first kappa shape index (κ1) is 13.3. The molecule has 0 aliphatic carbocycles. The van der Waals surface area contributed by atoms with Gasteiger partial charge < -0.3 is 9.88 Å². The molecular formula is C15H19N3O. The van der Waals surface area contributed by atoms with E-state index in [-0.39, 0.29) is 11.8 Å². The van der Waals surface area contributed by atoms with Crippen LogP contribution in [0.3, 0.4) is 0 Å². The van der Waals surface area contributed by atoms with Crippen LogP contribution in [-0.4, -0.2) is 15.5 Å². The van der Waals surface area contributed by atoms with Gasteiger partial charge in [-0.2, -0.15) is 0 Å². The average Bonchev–Trinajstić information content (AvgIpc) is 2.84. The lowest BCUT2D eigenvalue weighted by Gasteiger charge is -2.10. The van der Waals surface area contributed by atoms with Crippen molar-refractivity contribution in [2.24, 2.45) is 5.92 Å². The summed E-state index contributed by atoms with van der Waals surface area (Å²) in [5.41, 5.74) is 1.22. The van der Waals surface area contributed by atoms with E-state index in [9.17, 15) is 4.79 Å². The van der Waals surface area contributed by atoms with Crippen LogP contribution < -0.4 is 5.32 Å². The summed E-state index contributed by atoms with van der Waals surface area (Å²) < 4.78 is 2.05. The van der Waals surface area contributed by atoms with Crippen LogP contribution >= 0.6 is 0 Å². The number of rotatable bonds is 5. The predicted molar refractivity (Wildman–Crippen MR) is 74.5 cm³/mol. The Bertz CT molecular complexity index is 531. The van der Waals surface area contributed by atoms with E-state index >= 15 is 0 Å². The van der Waals surface area contributed by atoms with Crippen molar-refractivity contribution in [1.29, 1.82) is 0 Å². The van der Waals surface area contributed by atoms with Crippen LogP contribution in [0.25, 0.3) is 0 Å². The molecule has 2 rings (SSSR count). The number of aromatic nitrogens is 2. The highest BCUT2D eigenvalue weighted by Gasteiger charge is 2.08. The Balaban J connectivity index is 2.00. The summed E-state index contributed by atoms with van der Waals surface area (Å²) in [6.07, 6.45) is 3.70. The first-order valence-corrected chi connectivity index (χ1v) is 6.48. The van der Waals surface area contributed by atoms with Gasteiger partial charge in [-0.25, -0.2) is 4.98 Å². The standard InChI is InChI=1S/C15H19N3O/c1-12(2)15(19)17-10-14-16-8-9-18(14)11-13-6-4-3-5-7-13/h3-9,12H,10-11H2,1-2H3,(H,17,19). The van der Waals surface area contributed by atoms with Crippen LogP contribution in [0.15, 0.2) is 42.7 Å². The smallest absolute Gasteiger partial charge is 0.222 e. The van der Waals surface area contributed by atoms with Gasteiger partial charge in [0.15, 0.2) is 0 Å². The van der Waals surface area contributed by atoms with Gasteiger partial charge in [0.25, 0.3) is 0 Å². The molecule has 0 atom stereocenters. The summed E-state index contributed by atoms with van der Waals surface area (Å²) in [5, 5.41) is 2.89. The van der Waals surface area contributed by atoms with Crippen molar-refractivity contribution in [3.8, 4) is 0 Å². The molecule has 0 saturated carbocycles. The van der Waals surface area contributed by atoms with Crippen molar-refractivity contribution in [1.82, 2.24) is 14.9 Å². The fraction of sp³-hybridized carbons (Fsp3) is 0.333. The molecule has 0 saturated heterocycles. The molecule has 0 spiro atoms. The van der Waals surface area contributed by atoms with Crippen LogP contribution in [-0.2, 0) is 17.9 Å². The third kappa shape index (κ3) is 3.68. The zero-order chi connectivity index (χ0) is 13.7. The molecule has 100 valence electrons. The third-order valence-corrected chi connectivity index (χ3v) is 2.94. The van der Waals surface area contributed by atoms with Crippen molar-refractivity contribution in [3.63, 3.8) is 0 Å². The molecule has 1 amide bonds. The lowest BCUT2D eigenvalue weighted by molar-refractivity contribution is -0.124. The number of hydrogen-bond donors (Lipinski definition) is 1. The molecule has 19 heavy (non-hydrogen) atoms. The summed E-state index contributed by atoms with van der Waals surface area (Å²) in [5.74, 6) is 0.921. The lowest BCUT2D eigenvalue weighted by Crippen LogP contribution is -2.28. The van der Waals surface area contributed by atoms with Crippen LogP contribution in [0.5, 0.6) is 0 Å². The van der Waals surface area contributed by atoms with E-state index in [0.717, 1.165) is 12.4 Å². The third-order valence-electron chi connectivity index (χ3n) is 2.94. The van der Waals surface area contributed by atoms with Crippen LogP contribution in [0.1, 0.15) is 25.2 Å². The van der Waals surface area contributed by atoms with Gasteiger partial charge in [0, 0.05) is 24.9 Å². The summed E-state index contributed by atoms with van der Waals surface area (Å²) in [7, 11) is 0. The molecule has 0 bridgehead atoms. The highest BCUT2D eigenvalue weighted by atomic mass is 16.1. The highest BCUT2D eigenvalue weighted by molar-refractivity contribution is 5.77. The van der Waals surface area contributed by atoms with Crippen molar-refractivity contribution < 1.29 is 4.79 Å². The van der Waals surface area contributed by atoms with Gasteiger partial charge >= 0.3 is 0 Å². The van der Waals surface area contributed by atoms with Gasteiger partial charge in [-0.3, -0.25) is 4.79 Å².